The number of nitrogens with two attached hydrogens (primary N) is 1. The number of aliphatic carboxylic acids is 1. The predicted octanol–water partition coefficient (Wildman–Crippen LogP) is -0.726. The Bertz CT molecular complexity index is 522. The van der Waals surface area contributed by atoms with Crippen molar-refractivity contribution in [2.45, 2.75) is 12.8 Å². The number of carboxylic acid groups (broad SMARTS) is 1. The van der Waals surface area contributed by atoms with Crippen LogP contribution in [0.4, 0.5) is 0 Å². The van der Waals surface area contributed by atoms with E-state index in [-0.39, 0.29) is 24.7 Å². The molecular weight excluding hydrogens is 276 g/mol. The number of carbonyl (C=O) groups is 4. The predicted molar refractivity (Wildman–Crippen MR) is 69.3 cm³/mol. The van der Waals surface area contributed by atoms with Gasteiger partial charge < -0.3 is 10.8 Å². The number of fused-ring (bicyclic) bond motifs is 1. The Labute approximate surface area is 120 Å². The molecule has 6 atom stereocenters. The average Bonchev–Trinajstić information content (AvgIpc) is 2.60. The van der Waals surface area contributed by atoms with Crippen LogP contribution in [0.2, 0.25) is 0 Å². The van der Waals surface area contributed by atoms with Crippen molar-refractivity contribution >= 4 is 23.7 Å². The number of primary amides is 1. The lowest BCUT2D eigenvalue weighted by atomic mass is 9.61. The van der Waals surface area contributed by atoms with E-state index in [1.165, 1.54) is 0 Å². The van der Waals surface area contributed by atoms with Crippen LogP contribution in [-0.2, 0) is 19.2 Å². The highest BCUT2D eigenvalue weighted by Crippen LogP contribution is 2.46. The van der Waals surface area contributed by atoms with E-state index in [0.717, 1.165) is 0 Å². The first-order valence-electron chi connectivity index (χ1n) is 6.95. The fourth-order valence-corrected chi connectivity index (χ4v) is 4.03. The summed E-state index contributed by atoms with van der Waals surface area (Å²) in [6.07, 6.45) is 4.08. The largest absolute Gasteiger partial charge is 0.481 e. The van der Waals surface area contributed by atoms with Crippen molar-refractivity contribution in [2.75, 3.05) is 0 Å². The summed E-state index contributed by atoms with van der Waals surface area (Å²) in [6.45, 7) is 0. The summed E-state index contributed by atoms with van der Waals surface area (Å²) in [5, 5.41) is 11.7. The molecule has 1 heterocycles. The average molecular weight is 292 g/mol. The van der Waals surface area contributed by atoms with Crippen molar-refractivity contribution in [1.29, 1.82) is 0 Å². The molecule has 3 aliphatic carbocycles. The number of amides is 3. The topological polar surface area (TPSA) is 127 Å². The van der Waals surface area contributed by atoms with Gasteiger partial charge in [0.2, 0.25) is 17.7 Å². The number of rotatable bonds is 2. The molecule has 3 amide bonds. The van der Waals surface area contributed by atoms with Gasteiger partial charge in [-0.1, -0.05) is 12.2 Å². The van der Waals surface area contributed by atoms with Gasteiger partial charge >= 0.3 is 5.97 Å². The molecule has 7 nitrogen and oxygen atoms in total. The maximum atomic E-state index is 11.9. The molecule has 4 rings (SSSR count). The van der Waals surface area contributed by atoms with Crippen LogP contribution in [-0.4, -0.2) is 28.8 Å². The Kier molecular flexibility index (Phi) is 3.07. The molecule has 0 aromatic carbocycles. The van der Waals surface area contributed by atoms with E-state index >= 15 is 0 Å². The number of imide groups is 1. The zero-order valence-electron chi connectivity index (χ0n) is 11.2. The van der Waals surface area contributed by atoms with Crippen LogP contribution in [0.15, 0.2) is 12.2 Å². The van der Waals surface area contributed by atoms with E-state index in [2.05, 4.69) is 5.32 Å². The Morgan fingerprint density at radius 1 is 1.05 bits per heavy atom. The lowest BCUT2D eigenvalue weighted by Gasteiger charge is -2.40. The molecule has 7 heteroatoms. The highest BCUT2D eigenvalue weighted by molar-refractivity contribution is 6.05. The third-order valence-corrected chi connectivity index (χ3v) is 4.99. The van der Waals surface area contributed by atoms with Crippen molar-refractivity contribution in [3.8, 4) is 0 Å². The van der Waals surface area contributed by atoms with Gasteiger partial charge in [0.05, 0.1) is 23.7 Å². The van der Waals surface area contributed by atoms with Gasteiger partial charge in [0, 0.05) is 0 Å². The van der Waals surface area contributed by atoms with Crippen molar-refractivity contribution in [3.63, 3.8) is 0 Å². The maximum Gasteiger partial charge on any atom is 0.307 e. The van der Waals surface area contributed by atoms with Gasteiger partial charge in [0.15, 0.2) is 0 Å². The molecule has 4 aliphatic rings. The van der Waals surface area contributed by atoms with Crippen molar-refractivity contribution in [1.82, 2.24) is 5.32 Å². The molecule has 0 aromatic rings. The van der Waals surface area contributed by atoms with Crippen LogP contribution < -0.4 is 11.1 Å². The van der Waals surface area contributed by atoms with Crippen LogP contribution in [0.1, 0.15) is 12.8 Å². The van der Waals surface area contributed by atoms with Gasteiger partial charge in [-0.05, 0) is 24.7 Å². The number of hydrogen-bond acceptors (Lipinski definition) is 4. The molecule has 0 aromatic heterocycles. The minimum atomic E-state index is -1.08. The van der Waals surface area contributed by atoms with E-state index in [9.17, 15) is 24.3 Å². The number of carboxylic acids is 1. The highest BCUT2D eigenvalue weighted by atomic mass is 16.4. The zero-order valence-corrected chi connectivity index (χ0v) is 11.2. The minimum Gasteiger partial charge on any atom is -0.481 e. The van der Waals surface area contributed by atoms with Crippen molar-refractivity contribution in [3.05, 3.63) is 12.2 Å². The fraction of sp³-hybridized carbons (Fsp3) is 0.571. The summed E-state index contributed by atoms with van der Waals surface area (Å²) >= 11 is 0. The summed E-state index contributed by atoms with van der Waals surface area (Å²) in [5.41, 5.74) is 5.40. The Balaban J connectivity index is 2.02. The third kappa shape index (κ3) is 2.03. The zero-order chi connectivity index (χ0) is 15.3. The van der Waals surface area contributed by atoms with E-state index in [1.54, 1.807) is 12.2 Å². The van der Waals surface area contributed by atoms with Crippen LogP contribution in [0.3, 0.4) is 0 Å². The molecule has 0 spiro atoms. The maximum absolute atomic E-state index is 11.9. The van der Waals surface area contributed by atoms with E-state index in [1.807, 2.05) is 0 Å². The summed E-state index contributed by atoms with van der Waals surface area (Å²) in [6, 6.07) is 0. The summed E-state index contributed by atoms with van der Waals surface area (Å²) in [5.74, 6) is -6.05. The number of nitrogens with one attached hydrogen (secondary N) is 1. The molecule has 112 valence electrons. The fourth-order valence-electron chi connectivity index (χ4n) is 4.03. The second-order valence-corrected chi connectivity index (χ2v) is 6.04. The summed E-state index contributed by atoms with van der Waals surface area (Å²) < 4.78 is 0. The highest BCUT2D eigenvalue weighted by Gasteiger charge is 2.52. The number of allylic oxidation sites excluding steroid dienone is 2. The lowest BCUT2D eigenvalue weighted by molar-refractivity contribution is -0.151. The molecule has 2 fully saturated rings. The van der Waals surface area contributed by atoms with Gasteiger partial charge in [-0.2, -0.15) is 0 Å². The van der Waals surface area contributed by atoms with Gasteiger partial charge in [0.1, 0.15) is 0 Å². The number of carbonyl (C=O) groups excluding carboxylic acids is 3. The van der Waals surface area contributed by atoms with Crippen LogP contribution in [0, 0.1) is 35.5 Å². The third-order valence-electron chi connectivity index (χ3n) is 4.99. The molecule has 2 bridgehead atoms. The monoisotopic (exact) mass is 292 g/mol. The van der Waals surface area contributed by atoms with Crippen LogP contribution in [0.5, 0.6) is 0 Å². The van der Waals surface area contributed by atoms with E-state index in [0.29, 0.717) is 0 Å². The Morgan fingerprint density at radius 2 is 1.52 bits per heavy atom. The van der Waals surface area contributed by atoms with Crippen LogP contribution in [0.25, 0.3) is 0 Å². The molecule has 1 saturated heterocycles. The lowest BCUT2D eigenvalue weighted by Crippen LogP contribution is -2.47. The Hall–Kier alpha value is -2.18. The van der Waals surface area contributed by atoms with Gasteiger partial charge in [-0.3, -0.25) is 24.5 Å². The normalized spacial score (nSPS) is 41.1. The van der Waals surface area contributed by atoms with Gasteiger partial charge in [0.25, 0.3) is 0 Å². The van der Waals surface area contributed by atoms with Gasteiger partial charge in [-0.15, -0.1) is 0 Å². The SMILES string of the molecule is NC(=O)C1C2C=CC(CC3C(=O)NC(=O)C3C2)C1C(=O)O. The number of hydrogen-bond donors (Lipinski definition) is 3. The second-order valence-electron chi connectivity index (χ2n) is 6.04. The molecule has 4 N–H and O–H groups in total. The van der Waals surface area contributed by atoms with Crippen molar-refractivity contribution < 1.29 is 24.3 Å². The minimum absolute atomic E-state index is 0.256. The molecule has 21 heavy (non-hydrogen) atoms. The smallest absolute Gasteiger partial charge is 0.307 e. The van der Waals surface area contributed by atoms with Gasteiger partial charge in [-0.25, -0.2) is 0 Å². The molecule has 6 unspecified atom stereocenters. The summed E-state index contributed by atoms with van der Waals surface area (Å²) in [4.78, 5) is 47.0. The first-order valence-corrected chi connectivity index (χ1v) is 6.95. The van der Waals surface area contributed by atoms with E-state index in [4.69, 9.17) is 5.73 Å². The standard InChI is InChI=1S/C14H16N2O5/c15-11(17)9-5-1-2-6(10(9)14(20)21)4-8-7(3-5)12(18)16-13(8)19/h1-2,5-10H,3-4H2,(H2,15,17)(H,20,21)(H,16,18,19). The second kappa shape index (κ2) is 4.68. The van der Waals surface area contributed by atoms with E-state index < -0.39 is 47.4 Å². The summed E-state index contributed by atoms with van der Waals surface area (Å²) in [7, 11) is 0. The molecule has 1 aliphatic heterocycles. The first kappa shape index (κ1) is 13.8. The quantitative estimate of drug-likeness (QED) is 0.457. The molecule has 1 saturated carbocycles. The first-order chi connectivity index (χ1) is 9.90. The Morgan fingerprint density at radius 3 is 1.95 bits per heavy atom. The molecule has 0 radical (unpaired) electrons. The van der Waals surface area contributed by atoms with Crippen molar-refractivity contribution in [2.24, 2.45) is 41.2 Å². The van der Waals surface area contributed by atoms with Crippen LogP contribution >= 0.6 is 0 Å². The molecular formula is C14H16N2O5.